The Bertz CT molecular complexity index is 777. The highest BCUT2D eigenvalue weighted by molar-refractivity contribution is 5.94. The highest BCUT2D eigenvalue weighted by Gasteiger charge is 2.22. The fourth-order valence-corrected chi connectivity index (χ4v) is 3.78. The van der Waals surface area contributed by atoms with Crippen LogP contribution in [0.15, 0.2) is 36.4 Å². The fourth-order valence-electron chi connectivity index (χ4n) is 3.78. The van der Waals surface area contributed by atoms with E-state index in [0.29, 0.717) is 13.0 Å². The zero-order valence-corrected chi connectivity index (χ0v) is 20.5. The van der Waals surface area contributed by atoms with Gasteiger partial charge in [-0.15, -0.1) is 0 Å². The lowest BCUT2D eigenvalue weighted by Crippen LogP contribution is -2.19. The zero-order chi connectivity index (χ0) is 23.2. The van der Waals surface area contributed by atoms with Crippen LogP contribution >= 0.6 is 0 Å². The lowest BCUT2D eigenvalue weighted by molar-refractivity contribution is 0.0969. The van der Waals surface area contributed by atoms with Crippen molar-refractivity contribution in [2.75, 3.05) is 19.6 Å². The molecule has 0 radical (unpaired) electrons. The molecule has 0 saturated carbocycles. The van der Waals surface area contributed by atoms with Gasteiger partial charge >= 0.3 is 0 Å². The van der Waals surface area contributed by atoms with Gasteiger partial charge in [0.2, 0.25) is 0 Å². The van der Waals surface area contributed by atoms with Crippen LogP contribution in [0.3, 0.4) is 0 Å². The van der Waals surface area contributed by atoms with Gasteiger partial charge in [0.25, 0.3) is 0 Å². The second kappa shape index (κ2) is 14.2. The molecule has 0 aliphatic carbocycles. The normalized spacial score (nSPS) is 11.8. The highest BCUT2D eigenvalue weighted by atomic mass is 16.1. The lowest BCUT2D eigenvalue weighted by atomic mass is 9.92. The van der Waals surface area contributed by atoms with E-state index in [4.69, 9.17) is 10.8 Å². The third kappa shape index (κ3) is 9.66. The number of ketones is 1. The fraction of sp³-hybridized carbons (Fsp3) is 0.630. The van der Waals surface area contributed by atoms with Crippen molar-refractivity contribution >= 4 is 5.78 Å². The Morgan fingerprint density at radius 3 is 2.22 bits per heavy atom. The molecule has 0 saturated heterocycles. The van der Waals surface area contributed by atoms with Gasteiger partial charge in [-0.25, -0.2) is 0 Å². The molecule has 5 nitrogen and oxygen atoms in total. The maximum Gasteiger partial charge on any atom is 0.180 e. The largest absolute Gasteiger partial charge is 0.330 e. The molecule has 0 fully saturated rings. The van der Waals surface area contributed by atoms with Crippen LogP contribution in [0.5, 0.6) is 0 Å². The van der Waals surface area contributed by atoms with Gasteiger partial charge in [-0.05, 0) is 50.5 Å². The summed E-state index contributed by atoms with van der Waals surface area (Å²) in [5.74, 6) is 0.215. The van der Waals surface area contributed by atoms with Crippen molar-refractivity contribution in [3.63, 3.8) is 0 Å². The molecule has 1 aromatic heterocycles. The van der Waals surface area contributed by atoms with Crippen molar-refractivity contribution in [1.82, 2.24) is 15.1 Å². The third-order valence-electron chi connectivity index (χ3n) is 5.82. The van der Waals surface area contributed by atoms with Crippen LogP contribution < -0.4 is 11.1 Å². The molecule has 0 unspecified atom stereocenters. The number of unbranched alkanes of at least 4 members (excludes halogenated alkanes) is 6. The van der Waals surface area contributed by atoms with Gasteiger partial charge in [0.15, 0.2) is 5.78 Å². The first kappa shape index (κ1) is 26.3. The number of carbonyl (C=O) groups excluding carboxylic acids is 1. The summed E-state index contributed by atoms with van der Waals surface area (Å²) >= 11 is 0. The minimum Gasteiger partial charge on any atom is -0.330 e. The van der Waals surface area contributed by atoms with Gasteiger partial charge in [0.05, 0.1) is 12.2 Å². The van der Waals surface area contributed by atoms with Crippen LogP contribution in [0.1, 0.15) is 100 Å². The SMILES string of the molecule is CC(C)(C)c1cc(C(=O)CCCCCCCCCNCCCN)n(Cc2ccccc2)n1. The van der Waals surface area contributed by atoms with Gasteiger partial charge in [-0.1, -0.05) is 83.2 Å². The van der Waals surface area contributed by atoms with E-state index in [1.54, 1.807) is 0 Å². The van der Waals surface area contributed by atoms with E-state index in [1.807, 2.05) is 28.9 Å². The molecule has 2 aromatic rings. The van der Waals surface area contributed by atoms with E-state index in [0.717, 1.165) is 50.3 Å². The van der Waals surface area contributed by atoms with E-state index in [1.165, 1.54) is 37.7 Å². The average Bonchev–Trinajstić information content (AvgIpc) is 3.19. The average molecular weight is 441 g/mol. The first-order valence-electron chi connectivity index (χ1n) is 12.5. The Balaban J connectivity index is 1.73. The van der Waals surface area contributed by atoms with Crippen LogP contribution in [0.25, 0.3) is 0 Å². The number of carbonyl (C=O) groups is 1. The summed E-state index contributed by atoms with van der Waals surface area (Å²) in [5.41, 5.74) is 8.32. The van der Waals surface area contributed by atoms with Crippen molar-refractivity contribution in [3.05, 3.63) is 53.3 Å². The van der Waals surface area contributed by atoms with Gasteiger partial charge < -0.3 is 11.1 Å². The number of aromatic nitrogens is 2. The summed E-state index contributed by atoms with van der Waals surface area (Å²) in [7, 11) is 0. The Morgan fingerprint density at radius 2 is 1.56 bits per heavy atom. The minimum absolute atomic E-state index is 0.0725. The summed E-state index contributed by atoms with van der Waals surface area (Å²) < 4.78 is 1.90. The van der Waals surface area contributed by atoms with Crippen LogP contribution in [-0.4, -0.2) is 35.2 Å². The molecule has 1 aromatic carbocycles. The smallest absolute Gasteiger partial charge is 0.180 e. The first-order valence-corrected chi connectivity index (χ1v) is 12.5. The van der Waals surface area contributed by atoms with Crippen LogP contribution in [0, 0.1) is 0 Å². The molecule has 0 amide bonds. The molecular formula is C27H44N4O. The van der Waals surface area contributed by atoms with Gasteiger partial charge in [-0.3, -0.25) is 9.48 Å². The topological polar surface area (TPSA) is 72.9 Å². The van der Waals surface area contributed by atoms with Crippen molar-refractivity contribution in [1.29, 1.82) is 0 Å². The number of nitrogens with zero attached hydrogens (tertiary/aromatic N) is 2. The second-order valence-corrected chi connectivity index (χ2v) is 9.85. The third-order valence-corrected chi connectivity index (χ3v) is 5.82. The Labute approximate surface area is 195 Å². The number of nitrogens with two attached hydrogens (primary N) is 1. The molecule has 32 heavy (non-hydrogen) atoms. The molecule has 2 rings (SSSR count). The predicted octanol–water partition coefficient (Wildman–Crippen LogP) is 5.47. The van der Waals surface area contributed by atoms with E-state index >= 15 is 0 Å². The van der Waals surface area contributed by atoms with E-state index in [-0.39, 0.29) is 11.2 Å². The second-order valence-electron chi connectivity index (χ2n) is 9.85. The molecule has 0 spiro atoms. The molecule has 5 heteroatoms. The monoisotopic (exact) mass is 440 g/mol. The Hall–Kier alpha value is -1.98. The quantitative estimate of drug-likeness (QED) is 0.268. The van der Waals surface area contributed by atoms with Crippen LogP contribution in [0.4, 0.5) is 0 Å². The minimum atomic E-state index is -0.0725. The maximum absolute atomic E-state index is 13.0. The van der Waals surface area contributed by atoms with Gasteiger partial charge in [0, 0.05) is 11.8 Å². The summed E-state index contributed by atoms with van der Waals surface area (Å²) in [6.45, 7) is 9.97. The van der Waals surface area contributed by atoms with Crippen molar-refractivity contribution in [2.45, 2.75) is 90.5 Å². The van der Waals surface area contributed by atoms with Crippen molar-refractivity contribution < 1.29 is 4.79 Å². The van der Waals surface area contributed by atoms with E-state index < -0.39 is 0 Å². The predicted molar refractivity (Wildman–Crippen MR) is 134 cm³/mol. The molecule has 0 bridgehead atoms. The summed E-state index contributed by atoms with van der Waals surface area (Å²) in [5, 5.41) is 8.22. The molecule has 0 atom stereocenters. The molecule has 1 heterocycles. The lowest BCUT2D eigenvalue weighted by Gasteiger charge is -2.14. The molecule has 3 N–H and O–H groups in total. The summed E-state index contributed by atoms with van der Waals surface area (Å²) in [4.78, 5) is 13.0. The standard InChI is InChI=1S/C27H44N4O/c1-27(2,3)26-21-24(31(30-26)22-23-15-10-9-11-16-23)25(32)17-12-7-5-4-6-8-13-19-29-20-14-18-28/h9-11,15-16,21,29H,4-8,12-14,17-20,22,28H2,1-3H3. The van der Waals surface area contributed by atoms with Gasteiger partial charge in [0.1, 0.15) is 5.69 Å². The molecular weight excluding hydrogens is 396 g/mol. The zero-order valence-electron chi connectivity index (χ0n) is 20.5. The molecule has 0 aliphatic rings. The number of nitrogens with one attached hydrogen (secondary N) is 1. The molecule has 0 aliphatic heterocycles. The first-order chi connectivity index (χ1) is 15.4. The van der Waals surface area contributed by atoms with Crippen molar-refractivity contribution in [2.24, 2.45) is 5.73 Å². The number of benzene rings is 1. The number of Topliss-reactive ketones (excluding diaryl/α,β-unsaturated/α-hetero) is 1. The van der Waals surface area contributed by atoms with E-state index in [2.05, 4.69) is 38.2 Å². The van der Waals surface area contributed by atoms with Gasteiger partial charge in [-0.2, -0.15) is 5.10 Å². The Morgan fingerprint density at radius 1 is 0.938 bits per heavy atom. The summed E-state index contributed by atoms with van der Waals surface area (Å²) in [6.07, 6.45) is 10.0. The van der Waals surface area contributed by atoms with Crippen LogP contribution in [0.2, 0.25) is 0 Å². The van der Waals surface area contributed by atoms with Crippen LogP contribution in [-0.2, 0) is 12.0 Å². The Kier molecular flexibility index (Phi) is 11.7. The summed E-state index contributed by atoms with van der Waals surface area (Å²) in [6, 6.07) is 12.3. The molecule has 178 valence electrons. The maximum atomic E-state index is 13.0. The number of rotatable bonds is 16. The van der Waals surface area contributed by atoms with E-state index in [9.17, 15) is 4.79 Å². The van der Waals surface area contributed by atoms with Crippen molar-refractivity contribution in [3.8, 4) is 0 Å². The number of hydrogen-bond acceptors (Lipinski definition) is 4. The number of hydrogen-bond donors (Lipinski definition) is 2. The highest BCUT2D eigenvalue weighted by Crippen LogP contribution is 2.23.